The maximum Gasteiger partial charge on any atom is 0.180 e. The van der Waals surface area contributed by atoms with E-state index in [1.54, 1.807) is 11.3 Å². The van der Waals surface area contributed by atoms with Gasteiger partial charge < -0.3 is 4.42 Å². The van der Waals surface area contributed by atoms with Gasteiger partial charge in [0.05, 0.1) is 11.4 Å². The number of hydrogen-bond acceptors (Lipinski definition) is 6. The molecule has 0 spiro atoms. The molecule has 0 N–H and O–H groups in total. The number of rotatable bonds is 5. The predicted octanol–water partition coefficient (Wildman–Crippen LogP) is 11.9. The molecule has 0 aliphatic carbocycles. The topological polar surface area (TPSA) is 64.7 Å². The van der Waals surface area contributed by atoms with E-state index in [9.17, 15) is 0 Å². The van der Waals surface area contributed by atoms with Crippen molar-refractivity contribution in [2.75, 3.05) is 0 Å². The molecule has 234 valence electrons. The van der Waals surface area contributed by atoms with E-state index in [1.165, 1.54) is 0 Å². The number of para-hydroxylation sites is 1. The quantitative estimate of drug-likeness (QED) is 0.184. The summed E-state index contributed by atoms with van der Waals surface area (Å²) in [7, 11) is 0. The third-order valence-corrected chi connectivity index (χ3v) is 10.3. The second-order valence-corrected chi connectivity index (χ2v) is 13.2. The molecule has 0 amide bonds. The smallest absolute Gasteiger partial charge is 0.180 e. The van der Waals surface area contributed by atoms with Gasteiger partial charge in [-0.3, -0.25) is 0 Å². The van der Waals surface area contributed by atoms with Gasteiger partial charge in [0.1, 0.15) is 16.8 Å². The first-order chi connectivity index (χ1) is 24.8. The molecule has 0 bridgehead atoms. The molecule has 0 fully saturated rings. The Kier molecular flexibility index (Phi) is 6.60. The molecule has 4 heterocycles. The van der Waals surface area contributed by atoms with Gasteiger partial charge in [-0.2, -0.15) is 0 Å². The summed E-state index contributed by atoms with van der Waals surface area (Å²) in [6, 6.07) is 53.8. The molecule has 0 unspecified atom stereocenters. The fourth-order valence-electron chi connectivity index (χ4n) is 6.79. The third kappa shape index (κ3) is 4.69. The van der Waals surface area contributed by atoms with Crippen LogP contribution >= 0.6 is 11.3 Å². The fraction of sp³-hybridized carbons (Fsp3) is 0. The Hall–Kier alpha value is -6.50. The number of hydrogen-bond donors (Lipinski definition) is 0. The average molecular weight is 659 g/mol. The highest BCUT2D eigenvalue weighted by Gasteiger charge is 2.21. The van der Waals surface area contributed by atoms with Gasteiger partial charge in [-0.25, -0.2) is 19.9 Å². The van der Waals surface area contributed by atoms with Gasteiger partial charge in [0.25, 0.3) is 0 Å². The summed E-state index contributed by atoms with van der Waals surface area (Å²) in [6.45, 7) is 0. The lowest BCUT2D eigenvalue weighted by Gasteiger charge is -2.10. The molecule has 0 aliphatic heterocycles. The van der Waals surface area contributed by atoms with Crippen molar-refractivity contribution in [3.63, 3.8) is 0 Å². The number of furan rings is 1. The molecule has 6 heteroatoms. The minimum absolute atomic E-state index is 0.662. The van der Waals surface area contributed by atoms with E-state index >= 15 is 0 Å². The van der Waals surface area contributed by atoms with Crippen LogP contribution in [0.25, 0.3) is 98.8 Å². The highest BCUT2D eigenvalue weighted by atomic mass is 32.1. The van der Waals surface area contributed by atoms with Crippen molar-refractivity contribution in [3.8, 4) is 56.5 Å². The van der Waals surface area contributed by atoms with Crippen molar-refractivity contribution in [1.82, 2.24) is 19.9 Å². The monoisotopic (exact) mass is 658 g/mol. The van der Waals surface area contributed by atoms with Crippen LogP contribution in [0.1, 0.15) is 0 Å². The molecule has 0 atom stereocenters. The Morgan fingerprint density at radius 2 is 1.04 bits per heavy atom. The van der Waals surface area contributed by atoms with E-state index in [-0.39, 0.29) is 0 Å². The summed E-state index contributed by atoms with van der Waals surface area (Å²) in [6.07, 6.45) is 0. The summed E-state index contributed by atoms with van der Waals surface area (Å²) in [4.78, 5) is 20.7. The van der Waals surface area contributed by atoms with Gasteiger partial charge in [-0.15, -0.1) is 11.3 Å². The van der Waals surface area contributed by atoms with Crippen LogP contribution in [0.2, 0.25) is 0 Å². The standard InChI is InChI=1S/C44H26N4OS/c1-4-14-27(15-5-1)34-26-35(28-16-6-2-7-17-28)46-43(45-34)32-22-13-25-37-38(32)31-21-12-23-33(42(31)50-37)44-47-39(29-18-8-3-9-19-29)41-40(48-44)30-20-10-11-24-36(30)49-41/h1-26H. The minimum Gasteiger partial charge on any atom is -0.452 e. The van der Waals surface area contributed by atoms with Crippen LogP contribution in [0.3, 0.4) is 0 Å². The lowest BCUT2D eigenvalue weighted by atomic mass is 10.0. The zero-order valence-electron chi connectivity index (χ0n) is 26.6. The average Bonchev–Trinajstić information content (AvgIpc) is 3.77. The largest absolute Gasteiger partial charge is 0.452 e. The number of nitrogens with zero attached hydrogens (tertiary/aromatic N) is 4. The number of thiophene rings is 1. The molecule has 10 rings (SSSR count). The number of aromatic nitrogens is 4. The van der Waals surface area contributed by atoms with E-state index in [2.05, 4.69) is 84.9 Å². The van der Waals surface area contributed by atoms with Gasteiger partial charge in [0, 0.05) is 53.4 Å². The number of benzene rings is 6. The molecule has 0 aliphatic rings. The Labute approximate surface area is 291 Å². The third-order valence-electron chi connectivity index (χ3n) is 9.14. The highest BCUT2D eigenvalue weighted by Crippen LogP contribution is 2.44. The van der Waals surface area contributed by atoms with Crippen molar-refractivity contribution in [3.05, 3.63) is 158 Å². The van der Waals surface area contributed by atoms with Crippen LogP contribution < -0.4 is 0 Å². The van der Waals surface area contributed by atoms with Gasteiger partial charge in [0.15, 0.2) is 17.2 Å². The van der Waals surface area contributed by atoms with E-state index < -0.39 is 0 Å². The molecule has 50 heavy (non-hydrogen) atoms. The summed E-state index contributed by atoms with van der Waals surface area (Å²) in [5.41, 5.74) is 9.88. The van der Waals surface area contributed by atoms with Crippen molar-refractivity contribution in [1.29, 1.82) is 0 Å². The van der Waals surface area contributed by atoms with E-state index in [4.69, 9.17) is 24.4 Å². The second-order valence-electron chi connectivity index (χ2n) is 12.2. The lowest BCUT2D eigenvalue weighted by Crippen LogP contribution is -1.96. The van der Waals surface area contributed by atoms with Crippen LogP contribution in [0, 0.1) is 0 Å². The molecule has 0 saturated carbocycles. The maximum atomic E-state index is 6.38. The van der Waals surface area contributed by atoms with Crippen LogP contribution in [-0.4, -0.2) is 19.9 Å². The Bertz CT molecular complexity index is 2810. The van der Waals surface area contributed by atoms with Crippen molar-refractivity contribution in [2.24, 2.45) is 0 Å². The molecule has 0 saturated heterocycles. The van der Waals surface area contributed by atoms with Crippen LogP contribution in [-0.2, 0) is 0 Å². The summed E-state index contributed by atoms with van der Waals surface area (Å²) in [5, 5.41) is 3.21. The van der Waals surface area contributed by atoms with Gasteiger partial charge in [-0.05, 0) is 30.3 Å². The summed E-state index contributed by atoms with van der Waals surface area (Å²) in [5.74, 6) is 1.35. The predicted molar refractivity (Wildman–Crippen MR) is 205 cm³/mol. The SMILES string of the molecule is c1ccc(-c2cc(-c3ccccc3)nc(-c3cccc4sc5c(-c6nc(-c7ccccc7)c7oc8ccccc8c7n6)cccc5c34)n2)cc1. The molecule has 10 aromatic rings. The summed E-state index contributed by atoms with van der Waals surface area (Å²) < 4.78 is 8.64. The highest BCUT2D eigenvalue weighted by molar-refractivity contribution is 7.26. The number of fused-ring (bicyclic) bond motifs is 6. The zero-order valence-corrected chi connectivity index (χ0v) is 27.4. The second kappa shape index (κ2) is 11.6. The van der Waals surface area contributed by atoms with Crippen LogP contribution in [0.15, 0.2) is 162 Å². The van der Waals surface area contributed by atoms with Gasteiger partial charge in [-0.1, -0.05) is 127 Å². The minimum atomic E-state index is 0.662. The summed E-state index contributed by atoms with van der Waals surface area (Å²) >= 11 is 1.75. The van der Waals surface area contributed by atoms with E-state index in [1.807, 2.05) is 72.8 Å². The lowest BCUT2D eigenvalue weighted by molar-refractivity contribution is 0.667. The first kappa shape index (κ1) is 28.5. The first-order valence-corrected chi connectivity index (χ1v) is 17.3. The molecular weight excluding hydrogens is 633 g/mol. The zero-order chi connectivity index (χ0) is 33.0. The van der Waals surface area contributed by atoms with Gasteiger partial charge in [0.2, 0.25) is 0 Å². The van der Waals surface area contributed by atoms with Crippen molar-refractivity contribution < 1.29 is 4.42 Å². The molecular formula is C44H26N4OS. The molecule has 5 nitrogen and oxygen atoms in total. The molecule has 4 aromatic heterocycles. The Balaban J connectivity index is 1.21. The molecule has 6 aromatic carbocycles. The van der Waals surface area contributed by atoms with Crippen LogP contribution in [0.4, 0.5) is 0 Å². The maximum absolute atomic E-state index is 6.38. The van der Waals surface area contributed by atoms with Gasteiger partial charge >= 0.3 is 0 Å². The Morgan fingerprint density at radius 1 is 0.460 bits per heavy atom. The van der Waals surface area contributed by atoms with Crippen molar-refractivity contribution >= 4 is 53.6 Å². The Morgan fingerprint density at radius 3 is 1.76 bits per heavy atom. The van der Waals surface area contributed by atoms with E-state index in [0.29, 0.717) is 17.2 Å². The van der Waals surface area contributed by atoms with Crippen LogP contribution in [0.5, 0.6) is 0 Å². The fourth-order valence-corrected chi connectivity index (χ4v) is 8.03. The first-order valence-electron chi connectivity index (χ1n) is 16.5. The molecule has 0 radical (unpaired) electrons. The normalized spacial score (nSPS) is 11.6. The van der Waals surface area contributed by atoms with Crippen molar-refractivity contribution in [2.45, 2.75) is 0 Å². The van der Waals surface area contributed by atoms with E-state index in [0.717, 1.165) is 81.6 Å².